The first-order valence-electron chi connectivity index (χ1n) is 4.71. The first kappa shape index (κ1) is 10.5. The lowest BCUT2D eigenvalue weighted by molar-refractivity contribution is -0.145. The first-order valence-corrected chi connectivity index (χ1v) is 4.71. The normalized spacial score (nSPS) is 31.2. The van der Waals surface area contributed by atoms with E-state index in [-0.39, 0.29) is 0 Å². The van der Waals surface area contributed by atoms with Crippen LogP contribution in [0.3, 0.4) is 0 Å². The highest BCUT2D eigenvalue weighted by Crippen LogP contribution is 2.21. The molecule has 4 nitrogen and oxygen atoms in total. The quantitative estimate of drug-likeness (QED) is 0.644. The van der Waals surface area contributed by atoms with Crippen molar-refractivity contribution in [2.24, 2.45) is 0 Å². The number of likely N-dealkylation sites (N-methyl/N-ethyl adjacent to an activating group) is 1. The van der Waals surface area contributed by atoms with Crippen LogP contribution in [0.1, 0.15) is 19.3 Å². The van der Waals surface area contributed by atoms with Crippen LogP contribution in [-0.2, 0) is 4.79 Å². The average Bonchev–Trinajstić information content (AvgIpc) is 2.28. The van der Waals surface area contributed by atoms with Crippen molar-refractivity contribution in [1.82, 2.24) is 10.2 Å². The lowest BCUT2D eigenvalue weighted by Gasteiger charge is -2.27. The summed E-state index contributed by atoms with van der Waals surface area (Å²) < 4.78 is 0. The SMILES string of the molecule is CNC1(C(=O)O)CCCN(C)CC1. The Balaban J connectivity index is 2.69. The van der Waals surface area contributed by atoms with Crippen LogP contribution in [0.2, 0.25) is 0 Å². The van der Waals surface area contributed by atoms with Crippen LogP contribution in [0.4, 0.5) is 0 Å². The Bertz CT molecular complexity index is 196. The van der Waals surface area contributed by atoms with Gasteiger partial charge in [-0.1, -0.05) is 0 Å². The molecule has 0 aromatic heterocycles. The molecule has 1 atom stereocenters. The zero-order valence-corrected chi connectivity index (χ0v) is 8.34. The maximum atomic E-state index is 11.1. The number of likely N-dealkylation sites (tertiary alicyclic amines) is 1. The van der Waals surface area contributed by atoms with E-state index < -0.39 is 11.5 Å². The third-order valence-electron chi connectivity index (χ3n) is 2.95. The van der Waals surface area contributed by atoms with Crippen LogP contribution in [0.15, 0.2) is 0 Å². The minimum Gasteiger partial charge on any atom is -0.480 e. The molecule has 2 N–H and O–H groups in total. The van der Waals surface area contributed by atoms with Crippen LogP contribution in [0, 0.1) is 0 Å². The fourth-order valence-corrected chi connectivity index (χ4v) is 1.84. The molecule has 76 valence electrons. The topological polar surface area (TPSA) is 52.6 Å². The molecule has 13 heavy (non-hydrogen) atoms. The second kappa shape index (κ2) is 4.07. The molecule has 4 heteroatoms. The average molecular weight is 186 g/mol. The molecule has 0 radical (unpaired) electrons. The fourth-order valence-electron chi connectivity index (χ4n) is 1.84. The van der Waals surface area contributed by atoms with Gasteiger partial charge in [-0.3, -0.25) is 4.79 Å². The molecule has 0 bridgehead atoms. The predicted molar refractivity (Wildman–Crippen MR) is 50.8 cm³/mol. The molecule has 1 aliphatic heterocycles. The highest BCUT2D eigenvalue weighted by Gasteiger charge is 2.37. The Morgan fingerprint density at radius 3 is 2.69 bits per heavy atom. The van der Waals surface area contributed by atoms with Crippen molar-refractivity contribution >= 4 is 5.97 Å². The number of hydrogen-bond acceptors (Lipinski definition) is 3. The van der Waals surface area contributed by atoms with E-state index in [2.05, 4.69) is 10.2 Å². The summed E-state index contributed by atoms with van der Waals surface area (Å²) in [6, 6.07) is 0. The lowest BCUT2D eigenvalue weighted by atomic mass is 9.91. The number of nitrogens with one attached hydrogen (secondary N) is 1. The summed E-state index contributed by atoms with van der Waals surface area (Å²) in [4.78, 5) is 13.3. The van der Waals surface area contributed by atoms with E-state index in [1.807, 2.05) is 7.05 Å². The van der Waals surface area contributed by atoms with Crippen LogP contribution in [0.25, 0.3) is 0 Å². The van der Waals surface area contributed by atoms with Gasteiger partial charge in [0.05, 0.1) is 0 Å². The van der Waals surface area contributed by atoms with Gasteiger partial charge in [-0.15, -0.1) is 0 Å². The van der Waals surface area contributed by atoms with Gasteiger partial charge in [0.2, 0.25) is 0 Å². The molecule has 1 heterocycles. The summed E-state index contributed by atoms with van der Waals surface area (Å²) in [5.41, 5.74) is -0.690. The van der Waals surface area contributed by atoms with Crippen molar-refractivity contribution in [3.63, 3.8) is 0 Å². The van der Waals surface area contributed by atoms with E-state index in [0.717, 1.165) is 25.9 Å². The monoisotopic (exact) mass is 186 g/mol. The zero-order valence-electron chi connectivity index (χ0n) is 8.34. The van der Waals surface area contributed by atoms with Gasteiger partial charge in [0.25, 0.3) is 0 Å². The molecular formula is C9H18N2O2. The molecule has 0 spiro atoms. The Labute approximate surface area is 78.9 Å². The summed E-state index contributed by atoms with van der Waals surface area (Å²) in [5, 5.41) is 12.1. The number of nitrogens with zero attached hydrogens (tertiary/aromatic N) is 1. The number of carboxylic acid groups (broad SMARTS) is 1. The third-order valence-corrected chi connectivity index (χ3v) is 2.95. The van der Waals surface area contributed by atoms with Gasteiger partial charge in [-0.2, -0.15) is 0 Å². The van der Waals surface area contributed by atoms with Crippen molar-refractivity contribution in [1.29, 1.82) is 0 Å². The zero-order chi connectivity index (χ0) is 9.90. The Hall–Kier alpha value is -0.610. The van der Waals surface area contributed by atoms with E-state index in [1.54, 1.807) is 7.05 Å². The molecule has 1 aliphatic rings. The molecule has 1 unspecified atom stereocenters. The highest BCUT2D eigenvalue weighted by molar-refractivity contribution is 5.78. The molecule has 1 rings (SSSR count). The molecule has 0 amide bonds. The molecule has 0 aromatic carbocycles. The number of rotatable bonds is 2. The van der Waals surface area contributed by atoms with E-state index in [4.69, 9.17) is 5.11 Å². The van der Waals surface area contributed by atoms with Gasteiger partial charge < -0.3 is 15.3 Å². The van der Waals surface area contributed by atoms with Crippen LogP contribution in [-0.4, -0.2) is 48.7 Å². The van der Waals surface area contributed by atoms with Crippen LogP contribution in [0.5, 0.6) is 0 Å². The van der Waals surface area contributed by atoms with Gasteiger partial charge in [-0.25, -0.2) is 0 Å². The number of aliphatic carboxylic acids is 1. The second-order valence-electron chi connectivity index (χ2n) is 3.79. The van der Waals surface area contributed by atoms with Crippen molar-refractivity contribution < 1.29 is 9.90 Å². The number of carbonyl (C=O) groups is 1. The van der Waals surface area contributed by atoms with E-state index in [9.17, 15) is 4.79 Å². The van der Waals surface area contributed by atoms with Crippen LogP contribution < -0.4 is 5.32 Å². The standard InChI is InChI=1S/C9H18N2O2/c1-10-9(8(12)13)4-3-6-11(2)7-5-9/h10H,3-7H2,1-2H3,(H,12,13). The number of hydrogen-bond donors (Lipinski definition) is 2. The summed E-state index contributed by atoms with van der Waals surface area (Å²) in [7, 11) is 3.77. The molecule has 1 fully saturated rings. The summed E-state index contributed by atoms with van der Waals surface area (Å²) >= 11 is 0. The third kappa shape index (κ3) is 2.19. The maximum Gasteiger partial charge on any atom is 0.323 e. The van der Waals surface area contributed by atoms with Crippen molar-refractivity contribution in [3.05, 3.63) is 0 Å². The molecular weight excluding hydrogens is 168 g/mol. The number of carboxylic acids is 1. The molecule has 0 aromatic rings. The largest absolute Gasteiger partial charge is 0.480 e. The molecule has 1 saturated heterocycles. The van der Waals surface area contributed by atoms with E-state index >= 15 is 0 Å². The van der Waals surface area contributed by atoms with Gasteiger partial charge in [0.15, 0.2) is 0 Å². The van der Waals surface area contributed by atoms with Gasteiger partial charge in [0.1, 0.15) is 5.54 Å². The first-order chi connectivity index (χ1) is 6.10. The molecule has 0 saturated carbocycles. The summed E-state index contributed by atoms with van der Waals surface area (Å²) in [6.45, 7) is 1.85. The Morgan fingerprint density at radius 1 is 1.46 bits per heavy atom. The minimum absolute atomic E-state index is 0.690. The Kier molecular flexibility index (Phi) is 3.27. The van der Waals surface area contributed by atoms with Gasteiger partial charge in [0, 0.05) is 6.54 Å². The fraction of sp³-hybridized carbons (Fsp3) is 0.889. The van der Waals surface area contributed by atoms with Gasteiger partial charge >= 0.3 is 5.97 Å². The van der Waals surface area contributed by atoms with Gasteiger partial charge in [-0.05, 0) is 39.9 Å². The van der Waals surface area contributed by atoms with E-state index in [1.165, 1.54) is 0 Å². The molecule has 0 aliphatic carbocycles. The van der Waals surface area contributed by atoms with Crippen molar-refractivity contribution in [3.8, 4) is 0 Å². The lowest BCUT2D eigenvalue weighted by Crippen LogP contribution is -2.50. The highest BCUT2D eigenvalue weighted by atomic mass is 16.4. The predicted octanol–water partition coefficient (Wildman–Crippen LogP) is 0.145. The summed E-state index contributed by atoms with van der Waals surface area (Å²) in [5.74, 6) is -0.717. The maximum absolute atomic E-state index is 11.1. The van der Waals surface area contributed by atoms with E-state index in [0.29, 0.717) is 6.42 Å². The van der Waals surface area contributed by atoms with Crippen LogP contribution >= 0.6 is 0 Å². The van der Waals surface area contributed by atoms with Crippen molar-refractivity contribution in [2.45, 2.75) is 24.8 Å². The smallest absolute Gasteiger partial charge is 0.323 e. The van der Waals surface area contributed by atoms with Crippen molar-refractivity contribution in [2.75, 3.05) is 27.2 Å². The minimum atomic E-state index is -0.717. The summed E-state index contributed by atoms with van der Waals surface area (Å²) in [6.07, 6.45) is 2.36. The Morgan fingerprint density at radius 2 is 2.15 bits per heavy atom. The second-order valence-corrected chi connectivity index (χ2v) is 3.79.